The molecule has 2 N–H and O–H groups in total. The molecule has 1 aromatic carbocycles. The highest BCUT2D eigenvalue weighted by molar-refractivity contribution is 7.89. The van der Waals surface area contributed by atoms with E-state index in [4.69, 9.17) is 5.14 Å². The first-order chi connectivity index (χ1) is 6.91. The van der Waals surface area contributed by atoms with Crippen LogP contribution in [-0.4, -0.2) is 13.0 Å². The van der Waals surface area contributed by atoms with Crippen LogP contribution in [0.5, 0.6) is 0 Å². The topological polar surface area (TPSA) is 65.1 Å². The van der Waals surface area contributed by atoms with Gasteiger partial charge in [-0.1, -0.05) is 12.1 Å². The lowest BCUT2D eigenvalue weighted by Crippen LogP contribution is -2.13. The number of nitrogens with zero attached hydrogens (tertiary/aromatic N) is 1. The molecule has 4 nitrogen and oxygen atoms in total. The average molecular weight is 224 g/mol. The second kappa shape index (κ2) is 3.08. The summed E-state index contributed by atoms with van der Waals surface area (Å²) >= 11 is 0. The van der Waals surface area contributed by atoms with Gasteiger partial charge >= 0.3 is 0 Å². The van der Waals surface area contributed by atoms with Crippen LogP contribution in [0.25, 0.3) is 10.9 Å². The molecule has 0 radical (unpaired) electrons. The van der Waals surface area contributed by atoms with E-state index in [1.165, 1.54) is 6.07 Å². The highest BCUT2D eigenvalue weighted by atomic mass is 32.2. The highest BCUT2D eigenvalue weighted by Crippen LogP contribution is 2.24. The van der Waals surface area contributed by atoms with E-state index in [-0.39, 0.29) is 4.90 Å². The Balaban J connectivity index is 2.99. The minimum absolute atomic E-state index is 0.176. The molecule has 2 aromatic rings. The number of nitrogens with two attached hydrogens (primary N) is 1. The second-order valence-electron chi connectivity index (χ2n) is 3.58. The number of sulfonamides is 1. The summed E-state index contributed by atoms with van der Waals surface area (Å²) in [4.78, 5) is 0.176. The van der Waals surface area contributed by atoms with Crippen LogP contribution in [0.1, 0.15) is 5.69 Å². The molecule has 0 saturated carbocycles. The number of hydrogen-bond acceptors (Lipinski definition) is 2. The van der Waals surface area contributed by atoms with E-state index in [0.29, 0.717) is 5.52 Å². The first-order valence-electron chi connectivity index (χ1n) is 4.49. The fourth-order valence-corrected chi connectivity index (χ4v) is 2.54. The van der Waals surface area contributed by atoms with Crippen LogP contribution in [0.3, 0.4) is 0 Å². The molecule has 0 bridgehead atoms. The number of benzene rings is 1. The van der Waals surface area contributed by atoms with Gasteiger partial charge in [0.25, 0.3) is 0 Å². The van der Waals surface area contributed by atoms with Crippen molar-refractivity contribution >= 4 is 20.9 Å². The molecule has 0 spiro atoms. The molecular formula is C10H12N2O2S. The molecule has 2 rings (SSSR count). The number of fused-ring (bicyclic) bond motifs is 1. The number of aromatic nitrogens is 1. The molecule has 0 aliphatic heterocycles. The van der Waals surface area contributed by atoms with Gasteiger partial charge < -0.3 is 4.57 Å². The van der Waals surface area contributed by atoms with Crippen molar-refractivity contribution in [1.29, 1.82) is 0 Å². The van der Waals surface area contributed by atoms with Gasteiger partial charge in [0, 0.05) is 18.1 Å². The number of hydrogen-bond donors (Lipinski definition) is 1. The summed E-state index contributed by atoms with van der Waals surface area (Å²) in [6.45, 7) is 1.92. The third kappa shape index (κ3) is 1.53. The van der Waals surface area contributed by atoms with Gasteiger partial charge in [-0.25, -0.2) is 13.6 Å². The predicted molar refractivity (Wildman–Crippen MR) is 59.0 cm³/mol. The minimum atomic E-state index is -3.66. The van der Waals surface area contributed by atoms with Gasteiger partial charge in [-0.3, -0.25) is 0 Å². The quantitative estimate of drug-likeness (QED) is 0.789. The van der Waals surface area contributed by atoms with Crippen molar-refractivity contribution in [3.63, 3.8) is 0 Å². The second-order valence-corrected chi connectivity index (χ2v) is 5.11. The van der Waals surface area contributed by atoms with Crippen molar-refractivity contribution < 1.29 is 8.42 Å². The van der Waals surface area contributed by atoms with E-state index >= 15 is 0 Å². The van der Waals surface area contributed by atoms with Crippen LogP contribution < -0.4 is 5.14 Å². The van der Waals surface area contributed by atoms with Gasteiger partial charge in [-0.15, -0.1) is 0 Å². The van der Waals surface area contributed by atoms with Gasteiger partial charge in [0.2, 0.25) is 10.0 Å². The van der Waals surface area contributed by atoms with E-state index in [0.717, 1.165) is 11.1 Å². The van der Waals surface area contributed by atoms with Crippen molar-refractivity contribution in [3.05, 3.63) is 30.0 Å². The Hall–Kier alpha value is -1.33. The lowest BCUT2D eigenvalue weighted by molar-refractivity contribution is 0.598. The maximum Gasteiger partial charge on any atom is 0.240 e. The summed E-state index contributed by atoms with van der Waals surface area (Å²) < 4.78 is 24.6. The Morgan fingerprint density at radius 2 is 2.00 bits per heavy atom. The maximum atomic E-state index is 11.4. The molecule has 0 amide bonds. The SMILES string of the molecule is Cc1cc2cccc(S(N)(=O)=O)c2n1C. The highest BCUT2D eigenvalue weighted by Gasteiger charge is 2.15. The van der Waals surface area contributed by atoms with Gasteiger partial charge in [-0.2, -0.15) is 0 Å². The van der Waals surface area contributed by atoms with Gasteiger partial charge in [-0.05, 0) is 19.1 Å². The summed E-state index contributed by atoms with van der Waals surface area (Å²) in [6.07, 6.45) is 0. The number of primary sulfonamides is 1. The fraction of sp³-hybridized carbons (Fsp3) is 0.200. The lowest BCUT2D eigenvalue weighted by Gasteiger charge is -2.04. The number of rotatable bonds is 1. The summed E-state index contributed by atoms with van der Waals surface area (Å²) in [5.41, 5.74) is 1.67. The molecule has 0 aliphatic rings. The van der Waals surface area contributed by atoms with Crippen LogP contribution in [0, 0.1) is 6.92 Å². The smallest absolute Gasteiger partial charge is 0.240 e. The van der Waals surface area contributed by atoms with Crippen LogP contribution >= 0.6 is 0 Å². The van der Waals surface area contributed by atoms with Crippen LogP contribution in [0.2, 0.25) is 0 Å². The molecule has 0 saturated heterocycles. The zero-order valence-corrected chi connectivity index (χ0v) is 9.38. The monoisotopic (exact) mass is 224 g/mol. The van der Waals surface area contributed by atoms with Gasteiger partial charge in [0.15, 0.2) is 0 Å². The minimum Gasteiger partial charge on any atom is -0.347 e. The Morgan fingerprint density at radius 1 is 1.33 bits per heavy atom. The Morgan fingerprint density at radius 3 is 2.60 bits per heavy atom. The Kier molecular flexibility index (Phi) is 2.09. The first kappa shape index (κ1) is 10.2. The molecular weight excluding hydrogens is 212 g/mol. The molecule has 15 heavy (non-hydrogen) atoms. The van der Waals surface area contributed by atoms with E-state index in [1.807, 2.05) is 30.7 Å². The van der Waals surface area contributed by atoms with Crippen molar-refractivity contribution in [2.24, 2.45) is 12.2 Å². The van der Waals surface area contributed by atoms with Crippen molar-refractivity contribution in [2.75, 3.05) is 0 Å². The van der Waals surface area contributed by atoms with Crippen molar-refractivity contribution in [3.8, 4) is 0 Å². The molecule has 1 heterocycles. The summed E-state index contributed by atoms with van der Waals surface area (Å²) in [5, 5.41) is 6.05. The Bertz CT molecular complexity index is 626. The number of para-hydroxylation sites is 1. The molecule has 0 unspecified atom stereocenters. The summed E-state index contributed by atoms with van der Waals surface area (Å²) in [6, 6.07) is 7.03. The van der Waals surface area contributed by atoms with Gasteiger partial charge in [0.1, 0.15) is 4.90 Å². The normalized spacial score (nSPS) is 12.2. The predicted octanol–water partition coefficient (Wildman–Crippen LogP) is 1.13. The lowest BCUT2D eigenvalue weighted by atomic mass is 10.2. The fourth-order valence-electron chi connectivity index (χ4n) is 1.74. The molecule has 0 atom stereocenters. The van der Waals surface area contributed by atoms with Crippen molar-refractivity contribution in [2.45, 2.75) is 11.8 Å². The standard InChI is InChI=1S/C10H12N2O2S/c1-7-6-8-4-3-5-9(15(11,13)14)10(8)12(7)2/h3-6H,1-2H3,(H2,11,13,14). The van der Waals surface area contributed by atoms with Crippen molar-refractivity contribution in [1.82, 2.24) is 4.57 Å². The van der Waals surface area contributed by atoms with E-state index in [1.54, 1.807) is 6.07 Å². The third-order valence-electron chi connectivity index (χ3n) is 2.57. The third-order valence-corrected chi connectivity index (χ3v) is 3.51. The molecule has 5 heteroatoms. The molecule has 1 aromatic heterocycles. The van der Waals surface area contributed by atoms with E-state index in [2.05, 4.69) is 0 Å². The molecule has 80 valence electrons. The van der Waals surface area contributed by atoms with E-state index in [9.17, 15) is 8.42 Å². The van der Waals surface area contributed by atoms with E-state index < -0.39 is 10.0 Å². The van der Waals surface area contributed by atoms with Crippen LogP contribution in [0.15, 0.2) is 29.2 Å². The average Bonchev–Trinajstić information content (AvgIpc) is 2.41. The zero-order chi connectivity index (χ0) is 11.2. The summed E-state index contributed by atoms with van der Waals surface area (Å²) in [5.74, 6) is 0. The summed E-state index contributed by atoms with van der Waals surface area (Å²) in [7, 11) is -1.83. The molecule has 0 fully saturated rings. The number of aryl methyl sites for hydroxylation is 2. The maximum absolute atomic E-state index is 11.4. The largest absolute Gasteiger partial charge is 0.347 e. The van der Waals surface area contributed by atoms with Gasteiger partial charge in [0.05, 0.1) is 5.52 Å². The zero-order valence-electron chi connectivity index (χ0n) is 8.56. The van der Waals surface area contributed by atoms with Crippen LogP contribution in [0.4, 0.5) is 0 Å². The van der Waals surface area contributed by atoms with Crippen LogP contribution in [-0.2, 0) is 17.1 Å². The Labute approximate surface area is 88.4 Å². The first-order valence-corrected chi connectivity index (χ1v) is 6.04. The molecule has 0 aliphatic carbocycles.